The van der Waals surface area contributed by atoms with Crippen LogP contribution in [0.25, 0.3) is 0 Å². The monoisotopic (exact) mass is 468 g/mol. The number of hydrogen-bond donors (Lipinski definition) is 4. The molecular weight excluding hydrogens is 452 g/mol. The molecule has 0 fully saturated rings. The van der Waals surface area contributed by atoms with Crippen LogP contribution in [0.1, 0.15) is 20.7 Å². The van der Waals surface area contributed by atoms with Gasteiger partial charge in [-0.25, -0.2) is 9.97 Å². The summed E-state index contributed by atoms with van der Waals surface area (Å²) in [5.74, 6) is -1.64. The average Bonchev–Trinajstić information content (AvgIpc) is 2.85. The van der Waals surface area contributed by atoms with Crippen molar-refractivity contribution in [3.8, 4) is 5.75 Å². The molecule has 34 heavy (non-hydrogen) atoms. The Morgan fingerprint density at radius 2 is 1.44 bits per heavy atom. The van der Waals surface area contributed by atoms with Gasteiger partial charge < -0.3 is 4.74 Å². The number of benzene rings is 2. The van der Waals surface area contributed by atoms with Gasteiger partial charge in [0.1, 0.15) is 12.1 Å². The van der Waals surface area contributed by atoms with Crippen LogP contribution in [-0.4, -0.2) is 38.7 Å². The lowest BCUT2D eigenvalue weighted by atomic mass is 10.2. The van der Waals surface area contributed by atoms with Crippen LogP contribution in [0, 0.1) is 20.2 Å². The first-order valence-corrected chi connectivity index (χ1v) is 9.30. The molecule has 0 saturated carbocycles. The number of rotatable bonds is 9. The Morgan fingerprint density at radius 1 is 0.853 bits per heavy atom. The summed E-state index contributed by atoms with van der Waals surface area (Å²) >= 11 is 0. The fourth-order valence-electron chi connectivity index (χ4n) is 2.61. The van der Waals surface area contributed by atoms with Crippen molar-refractivity contribution in [1.29, 1.82) is 0 Å². The first-order valence-electron chi connectivity index (χ1n) is 9.30. The van der Waals surface area contributed by atoms with Gasteiger partial charge in [-0.1, -0.05) is 6.07 Å². The Hall–Kier alpha value is -5.34. The molecule has 0 saturated heterocycles. The lowest BCUT2D eigenvalue weighted by molar-refractivity contribution is -0.384. The largest absolute Gasteiger partial charge is 0.497 e. The molecule has 15 nitrogen and oxygen atoms in total. The van der Waals surface area contributed by atoms with Gasteiger partial charge in [0, 0.05) is 23.3 Å². The maximum Gasteiger partial charge on any atom is 0.356 e. The van der Waals surface area contributed by atoms with Crippen molar-refractivity contribution >= 4 is 34.8 Å². The summed E-state index contributed by atoms with van der Waals surface area (Å²) in [5, 5.41) is 22.5. The summed E-state index contributed by atoms with van der Waals surface area (Å²) < 4.78 is 5.01. The highest BCUT2D eigenvalue weighted by Crippen LogP contribution is 2.28. The van der Waals surface area contributed by atoms with E-state index >= 15 is 0 Å². The van der Waals surface area contributed by atoms with Gasteiger partial charge in [0.2, 0.25) is 11.6 Å². The number of anilines is 2. The fraction of sp³-hybridized carbons (Fsp3) is 0.0526. The Labute approximate surface area is 190 Å². The highest BCUT2D eigenvalue weighted by atomic mass is 16.6. The number of hydrazine groups is 2. The highest BCUT2D eigenvalue weighted by molar-refractivity contribution is 5.96. The smallest absolute Gasteiger partial charge is 0.356 e. The van der Waals surface area contributed by atoms with Crippen LogP contribution in [0.4, 0.5) is 23.0 Å². The number of carbonyl (C=O) groups is 2. The fourth-order valence-corrected chi connectivity index (χ4v) is 2.61. The number of carbonyl (C=O) groups excluding carboxylic acids is 2. The predicted molar refractivity (Wildman–Crippen MR) is 117 cm³/mol. The van der Waals surface area contributed by atoms with Gasteiger partial charge in [0.05, 0.1) is 17.0 Å². The van der Waals surface area contributed by atoms with E-state index in [1.54, 1.807) is 12.1 Å². The van der Waals surface area contributed by atoms with Gasteiger partial charge in [-0.15, -0.1) is 0 Å². The van der Waals surface area contributed by atoms with Crippen molar-refractivity contribution in [3.63, 3.8) is 0 Å². The standard InChI is InChI=1S/C19H16N8O7/c1-34-14-7-5-11(6-8-14)18(28)24-22-16-15(27(32)33)17(21-10-20-16)23-25-19(29)12-3-2-4-13(9-12)26(30)31/h2-10H,1H3,(H,24,28)(H,25,29)(H2,20,21,22,23). The van der Waals surface area contributed by atoms with E-state index in [0.717, 1.165) is 12.4 Å². The number of nitrogens with zero attached hydrogens (tertiary/aromatic N) is 4. The van der Waals surface area contributed by atoms with Crippen molar-refractivity contribution in [2.75, 3.05) is 18.0 Å². The van der Waals surface area contributed by atoms with E-state index in [2.05, 4.69) is 31.7 Å². The van der Waals surface area contributed by atoms with Gasteiger partial charge in [-0.3, -0.25) is 51.5 Å². The molecule has 174 valence electrons. The van der Waals surface area contributed by atoms with E-state index in [1.165, 1.54) is 37.4 Å². The third-order valence-electron chi connectivity index (χ3n) is 4.27. The predicted octanol–water partition coefficient (Wildman–Crippen LogP) is 1.82. The molecule has 0 aliphatic heterocycles. The lowest BCUT2D eigenvalue weighted by Gasteiger charge is -2.11. The van der Waals surface area contributed by atoms with Crippen molar-refractivity contribution in [2.24, 2.45) is 0 Å². The molecule has 2 amide bonds. The summed E-state index contributed by atoms with van der Waals surface area (Å²) in [7, 11) is 1.47. The molecule has 0 unspecified atom stereocenters. The van der Waals surface area contributed by atoms with E-state index in [0.29, 0.717) is 5.75 Å². The normalized spacial score (nSPS) is 10.0. The number of non-ortho nitro benzene ring substituents is 1. The molecule has 0 atom stereocenters. The maximum absolute atomic E-state index is 12.3. The molecule has 0 aliphatic carbocycles. The molecule has 1 aromatic heterocycles. The van der Waals surface area contributed by atoms with Crippen LogP contribution in [0.5, 0.6) is 5.75 Å². The molecule has 0 radical (unpaired) electrons. The van der Waals surface area contributed by atoms with Crippen LogP contribution in [0.3, 0.4) is 0 Å². The number of nitro benzene ring substituents is 1. The van der Waals surface area contributed by atoms with E-state index in [-0.39, 0.29) is 22.6 Å². The molecule has 0 aliphatic rings. The van der Waals surface area contributed by atoms with Crippen LogP contribution in [0.15, 0.2) is 54.9 Å². The Kier molecular flexibility index (Phi) is 7.08. The Balaban J connectivity index is 1.72. The zero-order chi connectivity index (χ0) is 24.7. The molecule has 3 rings (SSSR count). The second-order valence-electron chi connectivity index (χ2n) is 6.37. The van der Waals surface area contributed by atoms with Crippen LogP contribution < -0.4 is 26.4 Å². The van der Waals surface area contributed by atoms with E-state index in [4.69, 9.17) is 4.74 Å². The third-order valence-corrected chi connectivity index (χ3v) is 4.27. The molecule has 4 N–H and O–H groups in total. The van der Waals surface area contributed by atoms with Crippen LogP contribution in [-0.2, 0) is 0 Å². The van der Waals surface area contributed by atoms with E-state index < -0.39 is 33.2 Å². The average molecular weight is 468 g/mol. The zero-order valence-corrected chi connectivity index (χ0v) is 17.3. The Bertz CT molecular complexity index is 1250. The first-order chi connectivity index (χ1) is 16.3. The van der Waals surface area contributed by atoms with Crippen molar-refractivity contribution < 1.29 is 24.2 Å². The molecular formula is C19H16N8O7. The first kappa shape index (κ1) is 23.3. The minimum Gasteiger partial charge on any atom is -0.497 e. The highest BCUT2D eigenvalue weighted by Gasteiger charge is 2.24. The number of nitro groups is 2. The van der Waals surface area contributed by atoms with Crippen LogP contribution in [0.2, 0.25) is 0 Å². The third kappa shape index (κ3) is 5.47. The van der Waals surface area contributed by atoms with Gasteiger partial charge in [-0.05, 0) is 30.3 Å². The second kappa shape index (κ2) is 10.3. The number of methoxy groups -OCH3 is 1. The topological polar surface area (TPSA) is 204 Å². The number of ether oxygens (including phenoxy) is 1. The summed E-state index contributed by atoms with van der Waals surface area (Å²) in [5.41, 5.74) is 8.27. The summed E-state index contributed by atoms with van der Waals surface area (Å²) in [6.07, 6.45) is 0.955. The molecule has 2 aromatic carbocycles. The summed E-state index contributed by atoms with van der Waals surface area (Å²) in [4.78, 5) is 53.0. The SMILES string of the molecule is COc1ccc(C(=O)NNc2ncnc(NNC(=O)c3cccc([N+](=O)[O-])c3)c2[N+](=O)[O-])cc1. The van der Waals surface area contributed by atoms with Gasteiger partial charge in [0.25, 0.3) is 17.5 Å². The molecule has 1 heterocycles. The Morgan fingerprint density at radius 3 is 1.97 bits per heavy atom. The van der Waals surface area contributed by atoms with Gasteiger partial charge >= 0.3 is 5.69 Å². The molecule has 0 spiro atoms. The van der Waals surface area contributed by atoms with Crippen molar-refractivity contribution in [1.82, 2.24) is 20.8 Å². The van der Waals surface area contributed by atoms with Crippen LogP contribution >= 0.6 is 0 Å². The number of hydrogen-bond acceptors (Lipinski definition) is 11. The van der Waals surface area contributed by atoms with E-state index in [9.17, 15) is 29.8 Å². The number of aromatic nitrogens is 2. The number of nitrogens with one attached hydrogen (secondary N) is 4. The minimum atomic E-state index is -0.830. The molecule has 3 aromatic rings. The van der Waals surface area contributed by atoms with Gasteiger partial charge in [-0.2, -0.15) is 0 Å². The number of amides is 2. The van der Waals surface area contributed by atoms with Crippen molar-refractivity contribution in [2.45, 2.75) is 0 Å². The molecule has 15 heteroatoms. The zero-order valence-electron chi connectivity index (χ0n) is 17.3. The summed E-state index contributed by atoms with van der Waals surface area (Å²) in [6.45, 7) is 0. The quantitative estimate of drug-likeness (QED) is 0.263. The van der Waals surface area contributed by atoms with E-state index in [1.807, 2.05) is 0 Å². The minimum absolute atomic E-state index is 0.0662. The van der Waals surface area contributed by atoms with Crippen molar-refractivity contribution in [3.05, 3.63) is 86.2 Å². The lowest BCUT2D eigenvalue weighted by Crippen LogP contribution is -2.32. The second-order valence-corrected chi connectivity index (χ2v) is 6.37. The van der Waals surface area contributed by atoms with Gasteiger partial charge in [0.15, 0.2) is 0 Å². The molecule has 0 bridgehead atoms. The summed E-state index contributed by atoms with van der Waals surface area (Å²) in [6, 6.07) is 11.0. The maximum atomic E-state index is 12.3.